The maximum Gasteiger partial charge on any atom is 0.308 e. The summed E-state index contributed by atoms with van der Waals surface area (Å²) in [6.07, 6.45) is -0.338. The fraction of sp³-hybridized carbons (Fsp3) is 0.261. The van der Waals surface area contributed by atoms with Crippen molar-refractivity contribution in [3.8, 4) is 5.75 Å². The lowest BCUT2D eigenvalue weighted by Crippen LogP contribution is -2.34. The molecular formula is C23H24N2O5. The van der Waals surface area contributed by atoms with Crippen LogP contribution in [-0.2, 0) is 9.53 Å². The van der Waals surface area contributed by atoms with E-state index in [4.69, 9.17) is 9.47 Å². The van der Waals surface area contributed by atoms with Crippen LogP contribution < -0.4 is 15.6 Å². The maximum atomic E-state index is 12.9. The van der Waals surface area contributed by atoms with E-state index in [0.717, 1.165) is 5.39 Å². The fourth-order valence-corrected chi connectivity index (χ4v) is 3.12. The molecule has 0 fully saturated rings. The highest BCUT2D eigenvalue weighted by Gasteiger charge is 2.22. The zero-order valence-corrected chi connectivity index (χ0v) is 17.1. The highest BCUT2D eigenvalue weighted by Crippen LogP contribution is 2.22. The lowest BCUT2D eigenvalue weighted by molar-refractivity contribution is -0.147. The van der Waals surface area contributed by atoms with E-state index in [1.54, 1.807) is 63.4 Å². The number of aromatic nitrogens is 1. The van der Waals surface area contributed by atoms with E-state index >= 15 is 0 Å². The number of carbonyl (C=O) groups is 2. The van der Waals surface area contributed by atoms with Gasteiger partial charge in [0.05, 0.1) is 25.7 Å². The molecule has 0 aliphatic rings. The number of nitrogens with one attached hydrogen (secondary N) is 2. The molecule has 0 aliphatic heterocycles. The molecule has 2 N–H and O–H groups in total. The number of H-pyrrole nitrogens is 1. The van der Waals surface area contributed by atoms with Crippen LogP contribution in [0, 0.1) is 0 Å². The summed E-state index contributed by atoms with van der Waals surface area (Å²) in [5.41, 5.74) is 0.821. The Morgan fingerprint density at radius 3 is 2.43 bits per heavy atom. The van der Waals surface area contributed by atoms with Crippen LogP contribution in [0.2, 0.25) is 0 Å². The fourth-order valence-electron chi connectivity index (χ4n) is 3.12. The summed E-state index contributed by atoms with van der Waals surface area (Å²) in [4.78, 5) is 40.3. The van der Waals surface area contributed by atoms with Crippen molar-refractivity contribution in [1.82, 2.24) is 10.3 Å². The van der Waals surface area contributed by atoms with Gasteiger partial charge in [0.1, 0.15) is 11.3 Å². The Hall–Kier alpha value is -3.61. The van der Waals surface area contributed by atoms with Gasteiger partial charge in [0.2, 0.25) is 0 Å². The van der Waals surface area contributed by atoms with E-state index in [2.05, 4.69) is 10.3 Å². The highest BCUT2D eigenvalue weighted by atomic mass is 16.5. The largest absolute Gasteiger partial charge is 0.497 e. The molecule has 1 amide bonds. The minimum Gasteiger partial charge on any atom is -0.497 e. The van der Waals surface area contributed by atoms with Crippen LogP contribution in [0.25, 0.3) is 10.9 Å². The molecule has 0 spiro atoms. The Balaban J connectivity index is 1.89. The zero-order valence-electron chi connectivity index (χ0n) is 17.1. The molecule has 2 aromatic carbocycles. The number of pyridine rings is 1. The smallest absolute Gasteiger partial charge is 0.308 e. The van der Waals surface area contributed by atoms with Gasteiger partial charge in [-0.2, -0.15) is 0 Å². The number of methoxy groups -OCH3 is 1. The normalized spacial score (nSPS) is 11.9. The summed E-state index contributed by atoms with van der Waals surface area (Å²) in [6, 6.07) is 15.1. The molecule has 30 heavy (non-hydrogen) atoms. The molecule has 1 aromatic heterocycles. The van der Waals surface area contributed by atoms with Gasteiger partial charge < -0.3 is 19.8 Å². The third-order valence-electron chi connectivity index (χ3n) is 4.56. The number of aromatic amines is 1. The Bertz CT molecular complexity index is 1100. The Morgan fingerprint density at radius 1 is 1.07 bits per heavy atom. The van der Waals surface area contributed by atoms with Crippen LogP contribution in [0.3, 0.4) is 0 Å². The van der Waals surface area contributed by atoms with Crippen LogP contribution >= 0.6 is 0 Å². The van der Waals surface area contributed by atoms with Gasteiger partial charge in [-0.25, -0.2) is 0 Å². The van der Waals surface area contributed by atoms with Crippen molar-refractivity contribution < 1.29 is 19.1 Å². The minimum atomic E-state index is -0.666. The van der Waals surface area contributed by atoms with Crippen LogP contribution in [0.4, 0.5) is 0 Å². The van der Waals surface area contributed by atoms with Crippen molar-refractivity contribution in [3.05, 3.63) is 76.1 Å². The molecule has 7 nitrogen and oxygen atoms in total. The first-order valence-corrected chi connectivity index (χ1v) is 9.63. The molecular weight excluding hydrogens is 384 g/mol. The van der Waals surface area contributed by atoms with E-state index in [9.17, 15) is 14.4 Å². The molecule has 7 heteroatoms. The van der Waals surface area contributed by atoms with Crippen molar-refractivity contribution in [2.24, 2.45) is 0 Å². The Labute approximate surface area is 174 Å². The molecule has 3 rings (SSSR count). The maximum absolute atomic E-state index is 12.9. The second-order valence-electron chi connectivity index (χ2n) is 7.14. The molecule has 156 valence electrons. The van der Waals surface area contributed by atoms with Crippen LogP contribution in [-0.4, -0.2) is 30.1 Å². The minimum absolute atomic E-state index is 0.0237. The molecule has 1 heterocycles. The number of hydrogen-bond donors (Lipinski definition) is 2. The second-order valence-corrected chi connectivity index (χ2v) is 7.14. The molecule has 1 atom stereocenters. The van der Waals surface area contributed by atoms with Crippen molar-refractivity contribution in [3.63, 3.8) is 0 Å². The SMILES string of the molecule is COc1ccc([C@H](CC(=O)OC(C)C)NC(=O)c2cc3ccccc3[nH]c2=O)cc1. The van der Waals surface area contributed by atoms with Gasteiger partial charge in [-0.05, 0) is 49.1 Å². The van der Waals surface area contributed by atoms with Crippen LogP contribution in [0.15, 0.2) is 59.4 Å². The number of carbonyl (C=O) groups excluding carboxylic acids is 2. The number of hydrogen-bond acceptors (Lipinski definition) is 5. The van der Waals surface area contributed by atoms with Crippen molar-refractivity contribution >= 4 is 22.8 Å². The molecule has 0 saturated heterocycles. The Morgan fingerprint density at radius 2 is 1.77 bits per heavy atom. The first kappa shape index (κ1) is 21.1. The summed E-state index contributed by atoms with van der Waals surface area (Å²) in [5, 5.41) is 3.53. The predicted octanol–water partition coefficient (Wildman–Crippen LogP) is 3.35. The van der Waals surface area contributed by atoms with Crippen LogP contribution in [0.1, 0.15) is 42.2 Å². The van der Waals surface area contributed by atoms with Gasteiger partial charge >= 0.3 is 5.97 Å². The van der Waals surface area contributed by atoms with Gasteiger partial charge in [0.25, 0.3) is 11.5 Å². The summed E-state index contributed by atoms with van der Waals surface area (Å²) in [5.74, 6) is -0.363. The van der Waals surface area contributed by atoms with E-state index in [0.29, 0.717) is 16.8 Å². The predicted molar refractivity (Wildman–Crippen MR) is 114 cm³/mol. The number of amides is 1. The number of fused-ring (bicyclic) bond motifs is 1. The van der Waals surface area contributed by atoms with Gasteiger partial charge in [-0.3, -0.25) is 14.4 Å². The van der Waals surface area contributed by atoms with Gasteiger partial charge in [-0.15, -0.1) is 0 Å². The number of rotatable bonds is 7. The Kier molecular flexibility index (Phi) is 6.51. The molecule has 0 saturated carbocycles. The third-order valence-corrected chi connectivity index (χ3v) is 4.56. The lowest BCUT2D eigenvalue weighted by atomic mass is 10.0. The number of ether oxygens (including phenoxy) is 2. The topological polar surface area (TPSA) is 97.5 Å². The number of para-hydroxylation sites is 1. The second kappa shape index (κ2) is 9.26. The van der Waals surface area contributed by atoms with Crippen molar-refractivity contribution in [2.45, 2.75) is 32.4 Å². The summed E-state index contributed by atoms with van der Waals surface area (Å²) in [7, 11) is 1.56. The van der Waals surface area contributed by atoms with Crippen molar-refractivity contribution in [1.29, 1.82) is 0 Å². The first-order valence-electron chi connectivity index (χ1n) is 9.63. The summed E-state index contributed by atoms with van der Waals surface area (Å²) >= 11 is 0. The van der Waals surface area contributed by atoms with Gasteiger partial charge in [-0.1, -0.05) is 30.3 Å². The lowest BCUT2D eigenvalue weighted by Gasteiger charge is -2.20. The monoisotopic (exact) mass is 408 g/mol. The van der Waals surface area contributed by atoms with Crippen LogP contribution in [0.5, 0.6) is 5.75 Å². The first-order chi connectivity index (χ1) is 14.4. The van der Waals surface area contributed by atoms with Gasteiger partial charge in [0.15, 0.2) is 0 Å². The van der Waals surface area contributed by atoms with E-state index in [-0.39, 0.29) is 18.1 Å². The molecule has 0 radical (unpaired) electrons. The zero-order chi connectivity index (χ0) is 21.7. The average molecular weight is 408 g/mol. The number of esters is 1. The highest BCUT2D eigenvalue weighted by molar-refractivity contribution is 5.97. The quantitative estimate of drug-likeness (QED) is 0.585. The van der Waals surface area contributed by atoms with Crippen molar-refractivity contribution in [2.75, 3.05) is 7.11 Å². The van der Waals surface area contributed by atoms with Gasteiger partial charge in [0, 0.05) is 5.52 Å². The molecule has 0 unspecified atom stereocenters. The van der Waals surface area contributed by atoms with E-state index in [1.807, 2.05) is 12.1 Å². The molecule has 0 bridgehead atoms. The standard InChI is InChI=1S/C23H24N2O5/c1-14(2)30-21(26)13-20(15-8-10-17(29-3)11-9-15)25-23(28)18-12-16-6-4-5-7-19(16)24-22(18)27/h4-12,14,20H,13H2,1-3H3,(H,24,27)(H,25,28)/t20-/m0/s1. The molecule has 0 aliphatic carbocycles. The summed E-state index contributed by atoms with van der Waals surface area (Å²) in [6.45, 7) is 3.51. The van der Waals surface area contributed by atoms with E-state index in [1.165, 1.54) is 0 Å². The van der Waals surface area contributed by atoms with E-state index < -0.39 is 23.5 Å². The summed E-state index contributed by atoms with van der Waals surface area (Å²) < 4.78 is 10.4. The number of benzene rings is 2. The average Bonchev–Trinajstić information content (AvgIpc) is 2.72. The third kappa shape index (κ3) is 5.05. The molecule has 3 aromatic rings.